The van der Waals surface area contributed by atoms with Gasteiger partial charge in [-0.3, -0.25) is 14.2 Å². The molecule has 0 saturated heterocycles. The molecule has 32 heavy (non-hydrogen) atoms. The van der Waals surface area contributed by atoms with E-state index in [1.54, 1.807) is 15.3 Å². The Morgan fingerprint density at radius 3 is 2.91 bits per heavy atom. The Bertz CT molecular complexity index is 1430. The maximum atomic E-state index is 14.0. The molecule has 0 aliphatic carbocycles. The molecule has 0 spiro atoms. The minimum Gasteiger partial charge on any atom is -0.324 e. The van der Waals surface area contributed by atoms with Crippen LogP contribution in [0.1, 0.15) is 18.0 Å². The van der Waals surface area contributed by atoms with Gasteiger partial charge in [-0.2, -0.15) is 5.10 Å². The number of hydrogen-bond donors (Lipinski definition) is 1. The number of carbonyl (C=O) groups is 1. The van der Waals surface area contributed by atoms with E-state index in [0.29, 0.717) is 26.4 Å². The van der Waals surface area contributed by atoms with E-state index in [0.717, 1.165) is 11.3 Å². The van der Waals surface area contributed by atoms with E-state index in [2.05, 4.69) is 31.3 Å². The summed E-state index contributed by atoms with van der Waals surface area (Å²) in [6, 6.07) is 11.8. The monoisotopic (exact) mass is 513 g/mol. The summed E-state index contributed by atoms with van der Waals surface area (Å²) in [4.78, 5) is 30.5. The van der Waals surface area contributed by atoms with Gasteiger partial charge >= 0.3 is 0 Å². The number of anilines is 1. The summed E-state index contributed by atoms with van der Waals surface area (Å²) in [6.45, 7) is 1.97. The molecule has 1 aliphatic heterocycles. The Kier molecular flexibility index (Phi) is 5.34. The van der Waals surface area contributed by atoms with Crippen molar-refractivity contribution < 1.29 is 9.18 Å². The Morgan fingerprint density at radius 2 is 2.12 bits per heavy atom. The smallest absolute Gasteiger partial charge is 0.265 e. The standard InChI is InChI=1S/C22H17BrFN5O2S/c1-12-4-2-3-5-18(12)29-20-15(10-25-29)21(31)28-14(11-32-22(28)27-20)9-19(30)26-17-7-6-13(23)8-16(17)24/h2-8,10,14H,9,11H2,1H3,(H,26,30). The van der Waals surface area contributed by atoms with Crippen LogP contribution in [0.15, 0.2) is 63.1 Å². The molecule has 0 fully saturated rings. The molecule has 5 rings (SSSR count). The van der Waals surface area contributed by atoms with Gasteiger partial charge in [0.15, 0.2) is 10.8 Å². The van der Waals surface area contributed by atoms with Crippen molar-refractivity contribution in [1.82, 2.24) is 19.3 Å². The van der Waals surface area contributed by atoms with Crippen LogP contribution in [0, 0.1) is 12.7 Å². The lowest BCUT2D eigenvalue weighted by Gasteiger charge is -2.14. The van der Waals surface area contributed by atoms with E-state index in [9.17, 15) is 14.0 Å². The summed E-state index contributed by atoms with van der Waals surface area (Å²) in [5.74, 6) is -0.367. The molecule has 1 aliphatic rings. The molecule has 1 atom stereocenters. The van der Waals surface area contributed by atoms with Crippen molar-refractivity contribution in [3.63, 3.8) is 0 Å². The van der Waals surface area contributed by atoms with Crippen molar-refractivity contribution in [2.45, 2.75) is 24.5 Å². The number of carbonyl (C=O) groups excluding carboxylic acids is 1. The number of hydrogen-bond acceptors (Lipinski definition) is 5. The normalized spacial score (nSPS) is 15.2. The van der Waals surface area contributed by atoms with E-state index < -0.39 is 5.82 Å². The number of amides is 1. The molecule has 2 aromatic heterocycles. The van der Waals surface area contributed by atoms with Gasteiger partial charge < -0.3 is 5.32 Å². The predicted molar refractivity (Wildman–Crippen MR) is 125 cm³/mol. The van der Waals surface area contributed by atoms with Crippen molar-refractivity contribution in [3.05, 3.63) is 74.9 Å². The van der Waals surface area contributed by atoms with Crippen molar-refractivity contribution in [2.24, 2.45) is 0 Å². The molecule has 7 nitrogen and oxygen atoms in total. The number of thioether (sulfide) groups is 1. The van der Waals surface area contributed by atoms with Gasteiger partial charge in [0.05, 0.1) is 23.6 Å². The van der Waals surface area contributed by atoms with Crippen LogP contribution in [0.5, 0.6) is 0 Å². The van der Waals surface area contributed by atoms with Crippen molar-refractivity contribution >= 4 is 50.3 Å². The summed E-state index contributed by atoms with van der Waals surface area (Å²) in [7, 11) is 0. The van der Waals surface area contributed by atoms with Crippen LogP contribution in [0.25, 0.3) is 16.7 Å². The Hall–Kier alpha value is -2.98. The van der Waals surface area contributed by atoms with Crippen LogP contribution in [-0.2, 0) is 4.79 Å². The third-order valence-electron chi connectivity index (χ3n) is 5.34. The maximum Gasteiger partial charge on any atom is 0.265 e. The number of aryl methyl sites for hydroxylation is 1. The fourth-order valence-electron chi connectivity index (χ4n) is 3.76. The zero-order valence-corrected chi connectivity index (χ0v) is 19.3. The number of benzene rings is 2. The minimum atomic E-state index is -0.530. The number of fused-ring (bicyclic) bond motifs is 2. The van der Waals surface area contributed by atoms with Gasteiger partial charge in [-0.05, 0) is 36.8 Å². The van der Waals surface area contributed by atoms with E-state index in [4.69, 9.17) is 0 Å². The summed E-state index contributed by atoms with van der Waals surface area (Å²) >= 11 is 4.61. The average molecular weight is 514 g/mol. The lowest BCUT2D eigenvalue weighted by atomic mass is 10.2. The number of aromatic nitrogens is 4. The lowest BCUT2D eigenvalue weighted by molar-refractivity contribution is -0.116. The summed E-state index contributed by atoms with van der Waals surface area (Å²) < 4.78 is 17.9. The van der Waals surface area contributed by atoms with Gasteiger partial charge in [0.2, 0.25) is 5.91 Å². The third-order valence-corrected chi connectivity index (χ3v) is 6.93. The quantitative estimate of drug-likeness (QED) is 0.407. The second kappa shape index (κ2) is 8.18. The molecular formula is C22H17BrFN5O2S. The van der Waals surface area contributed by atoms with E-state index >= 15 is 0 Å². The topological polar surface area (TPSA) is 81.8 Å². The van der Waals surface area contributed by atoms with E-state index in [-0.39, 0.29) is 29.6 Å². The SMILES string of the molecule is Cc1ccccc1-n1ncc2c(=O)n3c(nc21)SCC3CC(=O)Nc1ccc(Br)cc1F. The van der Waals surface area contributed by atoms with Crippen LogP contribution >= 0.6 is 27.7 Å². The van der Waals surface area contributed by atoms with Crippen LogP contribution in [0.4, 0.5) is 10.1 Å². The number of para-hydroxylation sites is 1. The molecule has 2 aromatic carbocycles. The molecule has 4 aromatic rings. The highest BCUT2D eigenvalue weighted by atomic mass is 79.9. The molecule has 0 radical (unpaired) electrons. The van der Waals surface area contributed by atoms with Crippen molar-refractivity contribution in [1.29, 1.82) is 0 Å². The molecule has 10 heteroatoms. The second-order valence-corrected chi connectivity index (χ2v) is 9.39. The highest BCUT2D eigenvalue weighted by Crippen LogP contribution is 2.34. The number of halogens is 2. The first-order valence-electron chi connectivity index (χ1n) is 9.86. The molecule has 0 saturated carbocycles. The molecular weight excluding hydrogens is 497 g/mol. The zero-order valence-electron chi connectivity index (χ0n) is 16.9. The van der Waals surface area contributed by atoms with Gasteiger partial charge in [-0.15, -0.1) is 0 Å². The van der Waals surface area contributed by atoms with Gasteiger partial charge in [-0.1, -0.05) is 45.9 Å². The number of nitrogens with one attached hydrogen (secondary N) is 1. The first kappa shape index (κ1) is 20.9. The van der Waals surface area contributed by atoms with Gasteiger partial charge in [0, 0.05) is 16.6 Å². The van der Waals surface area contributed by atoms with Gasteiger partial charge in [0.1, 0.15) is 11.2 Å². The highest BCUT2D eigenvalue weighted by Gasteiger charge is 2.30. The van der Waals surface area contributed by atoms with E-state index in [1.165, 1.54) is 30.1 Å². The largest absolute Gasteiger partial charge is 0.324 e. The molecule has 1 N–H and O–H groups in total. The molecule has 1 unspecified atom stereocenters. The Morgan fingerprint density at radius 1 is 1.31 bits per heavy atom. The van der Waals surface area contributed by atoms with Crippen molar-refractivity contribution in [2.75, 3.05) is 11.1 Å². The number of nitrogens with zero attached hydrogens (tertiary/aromatic N) is 4. The van der Waals surface area contributed by atoms with Gasteiger partial charge in [-0.25, -0.2) is 14.1 Å². The number of rotatable bonds is 4. The van der Waals surface area contributed by atoms with Crippen LogP contribution in [0.2, 0.25) is 0 Å². The van der Waals surface area contributed by atoms with Crippen LogP contribution < -0.4 is 10.9 Å². The van der Waals surface area contributed by atoms with E-state index in [1.807, 2.05) is 31.2 Å². The molecule has 162 valence electrons. The fraction of sp³-hybridized carbons (Fsp3) is 0.182. The minimum absolute atomic E-state index is 0.0362. The van der Waals surface area contributed by atoms with Crippen LogP contribution in [0.3, 0.4) is 0 Å². The second-order valence-electron chi connectivity index (χ2n) is 7.49. The summed E-state index contributed by atoms with van der Waals surface area (Å²) in [6.07, 6.45) is 1.55. The molecule has 3 heterocycles. The lowest BCUT2D eigenvalue weighted by Crippen LogP contribution is -2.28. The first-order chi connectivity index (χ1) is 15.4. The van der Waals surface area contributed by atoms with Crippen LogP contribution in [-0.4, -0.2) is 31.0 Å². The predicted octanol–water partition coefficient (Wildman–Crippen LogP) is 4.47. The first-order valence-corrected chi connectivity index (χ1v) is 11.6. The van der Waals surface area contributed by atoms with Gasteiger partial charge in [0.25, 0.3) is 5.56 Å². The Labute approximate surface area is 194 Å². The average Bonchev–Trinajstić information content (AvgIpc) is 3.36. The maximum absolute atomic E-state index is 14.0. The Balaban J connectivity index is 1.45. The van der Waals surface area contributed by atoms with Crippen molar-refractivity contribution in [3.8, 4) is 5.69 Å². The zero-order chi connectivity index (χ0) is 22.4. The molecule has 1 amide bonds. The highest BCUT2D eigenvalue weighted by molar-refractivity contribution is 9.10. The molecule has 0 bridgehead atoms. The summed E-state index contributed by atoms with van der Waals surface area (Å²) in [5, 5.41) is 7.92. The summed E-state index contributed by atoms with van der Waals surface area (Å²) in [5.41, 5.74) is 2.23. The fourth-order valence-corrected chi connectivity index (χ4v) is 5.23. The third kappa shape index (κ3) is 3.63.